The standard InChI is InChI=1S/C20H14ClFN4O2/c21-14-5-1-13(2-6-14)19-24-20(28-25-19)18-16-10-27-17(9-26(16)11-23-18)12-3-7-15(22)8-4-12/h1-8,11,17H,9-10H2/t17-/m1/s1. The van der Waals surface area contributed by atoms with Crippen LogP contribution in [0.4, 0.5) is 4.39 Å². The first-order chi connectivity index (χ1) is 13.7. The van der Waals surface area contributed by atoms with Crippen LogP contribution >= 0.6 is 11.6 Å². The summed E-state index contributed by atoms with van der Waals surface area (Å²) in [7, 11) is 0. The minimum absolute atomic E-state index is 0.164. The molecule has 0 aliphatic carbocycles. The van der Waals surface area contributed by atoms with Gasteiger partial charge in [0.1, 0.15) is 11.9 Å². The van der Waals surface area contributed by atoms with Gasteiger partial charge >= 0.3 is 0 Å². The maximum Gasteiger partial charge on any atom is 0.278 e. The van der Waals surface area contributed by atoms with Gasteiger partial charge in [0, 0.05) is 10.6 Å². The van der Waals surface area contributed by atoms with E-state index in [-0.39, 0.29) is 11.9 Å². The van der Waals surface area contributed by atoms with Crippen LogP contribution in [0.2, 0.25) is 5.02 Å². The van der Waals surface area contributed by atoms with Crippen LogP contribution in [0, 0.1) is 5.82 Å². The molecule has 8 heteroatoms. The maximum atomic E-state index is 13.1. The zero-order chi connectivity index (χ0) is 19.1. The van der Waals surface area contributed by atoms with E-state index in [9.17, 15) is 4.39 Å². The first-order valence-corrected chi connectivity index (χ1v) is 9.06. The van der Waals surface area contributed by atoms with E-state index in [1.807, 2.05) is 16.7 Å². The highest BCUT2D eigenvalue weighted by atomic mass is 35.5. The largest absolute Gasteiger partial charge is 0.365 e. The van der Waals surface area contributed by atoms with Gasteiger partial charge in [-0.1, -0.05) is 28.9 Å². The Morgan fingerprint density at radius 3 is 2.64 bits per heavy atom. The Bertz CT molecular complexity index is 1120. The Kier molecular flexibility index (Phi) is 4.18. The molecule has 0 radical (unpaired) electrons. The first-order valence-electron chi connectivity index (χ1n) is 8.68. The van der Waals surface area contributed by atoms with Crippen molar-refractivity contribution in [1.29, 1.82) is 0 Å². The van der Waals surface area contributed by atoms with E-state index in [0.717, 1.165) is 16.8 Å². The predicted octanol–water partition coefficient (Wildman–Crippen LogP) is 4.66. The number of hydrogen-bond acceptors (Lipinski definition) is 5. The first kappa shape index (κ1) is 17.1. The summed E-state index contributed by atoms with van der Waals surface area (Å²) in [5, 5.41) is 4.68. The second kappa shape index (κ2) is 6.85. The van der Waals surface area contributed by atoms with Gasteiger partial charge in [-0.2, -0.15) is 4.98 Å². The van der Waals surface area contributed by atoms with Crippen LogP contribution in [0.3, 0.4) is 0 Å². The molecule has 1 atom stereocenters. The third kappa shape index (κ3) is 3.08. The number of benzene rings is 2. The topological polar surface area (TPSA) is 66.0 Å². The van der Waals surface area contributed by atoms with Crippen molar-refractivity contribution in [3.63, 3.8) is 0 Å². The second-order valence-corrected chi connectivity index (χ2v) is 6.91. The highest BCUT2D eigenvalue weighted by Gasteiger charge is 2.26. The smallest absolute Gasteiger partial charge is 0.278 e. The fourth-order valence-electron chi connectivity index (χ4n) is 3.22. The van der Waals surface area contributed by atoms with Crippen molar-refractivity contribution in [2.75, 3.05) is 0 Å². The van der Waals surface area contributed by atoms with Gasteiger partial charge in [-0.15, -0.1) is 0 Å². The zero-order valence-electron chi connectivity index (χ0n) is 14.5. The van der Waals surface area contributed by atoms with Crippen LogP contribution in [-0.2, 0) is 17.9 Å². The Labute approximate surface area is 164 Å². The SMILES string of the molecule is Fc1ccc([C@H]2Cn3cnc(-c4nc(-c5ccc(Cl)cc5)no4)c3CO2)cc1. The molecule has 2 aromatic heterocycles. The van der Waals surface area contributed by atoms with Gasteiger partial charge in [0.15, 0.2) is 5.69 Å². The summed E-state index contributed by atoms with van der Waals surface area (Å²) in [6.07, 6.45) is 1.57. The molecule has 0 bridgehead atoms. The molecule has 5 rings (SSSR count). The van der Waals surface area contributed by atoms with Gasteiger partial charge in [-0.25, -0.2) is 9.37 Å². The fourth-order valence-corrected chi connectivity index (χ4v) is 3.35. The van der Waals surface area contributed by atoms with E-state index >= 15 is 0 Å². The Hall–Kier alpha value is -3.03. The number of fused-ring (bicyclic) bond motifs is 1. The molecule has 4 aromatic rings. The molecule has 0 saturated carbocycles. The highest BCUT2D eigenvalue weighted by molar-refractivity contribution is 6.30. The van der Waals surface area contributed by atoms with Crippen LogP contribution in [0.1, 0.15) is 17.4 Å². The van der Waals surface area contributed by atoms with Gasteiger partial charge < -0.3 is 13.8 Å². The monoisotopic (exact) mass is 396 g/mol. The lowest BCUT2D eigenvalue weighted by Crippen LogP contribution is -2.20. The lowest BCUT2D eigenvalue weighted by molar-refractivity contribution is 0.00326. The van der Waals surface area contributed by atoms with E-state index in [2.05, 4.69) is 15.1 Å². The number of rotatable bonds is 3. The average molecular weight is 397 g/mol. The fraction of sp³-hybridized carbons (Fsp3) is 0.150. The second-order valence-electron chi connectivity index (χ2n) is 6.47. The normalized spacial score (nSPS) is 16.1. The summed E-state index contributed by atoms with van der Waals surface area (Å²) < 4.78 is 26.5. The zero-order valence-corrected chi connectivity index (χ0v) is 15.3. The summed E-state index contributed by atoms with van der Waals surface area (Å²) in [6, 6.07) is 13.5. The molecule has 0 saturated heterocycles. The Morgan fingerprint density at radius 1 is 1.07 bits per heavy atom. The molecule has 3 heterocycles. The van der Waals surface area contributed by atoms with Crippen LogP contribution in [0.15, 0.2) is 59.4 Å². The molecule has 0 unspecified atom stereocenters. The molecule has 28 heavy (non-hydrogen) atoms. The van der Waals surface area contributed by atoms with Crippen molar-refractivity contribution in [3.8, 4) is 23.0 Å². The predicted molar refractivity (Wildman–Crippen MR) is 99.9 cm³/mol. The van der Waals surface area contributed by atoms with E-state index in [1.165, 1.54) is 12.1 Å². The summed E-state index contributed by atoms with van der Waals surface area (Å²) >= 11 is 5.92. The molecule has 0 N–H and O–H groups in total. The maximum absolute atomic E-state index is 13.1. The summed E-state index contributed by atoms with van der Waals surface area (Å²) in [5.41, 5.74) is 3.19. The van der Waals surface area contributed by atoms with E-state index in [0.29, 0.717) is 35.6 Å². The van der Waals surface area contributed by atoms with Gasteiger partial charge in [-0.05, 0) is 42.0 Å². The minimum Gasteiger partial charge on any atom is -0.365 e. The van der Waals surface area contributed by atoms with Crippen molar-refractivity contribution in [2.24, 2.45) is 0 Å². The Morgan fingerprint density at radius 2 is 1.86 bits per heavy atom. The lowest BCUT2D eigenvalue weighted by Gasteiger charge is -2.25. The van der Waals surface area contributed by atoms with Gasteiger partial charge in [0.05, 0.1) is 25.2 Å². The van der Waals surface area contributed by atoms with Crippen LogP contribution in [0.5, 0.6) is 0 Å². The molecule has 0 spiro atoms. The molecular weight excluding hydrogens is 383 g/mol. The van der Waals surface area contributed by atoms with Gasteiger partial charge in [-0.3, -0.25) is 0 Å². The van der Waals surface area contributed by atoms with Gasteiger partial charge in [0.2, 0.25) is 5.82 Å². The van der Waals surface area contributed by atoms with Crippen LogP contribution in [0.25, 0.3) is 23.0 Å². The molecular formula is C20H14ClFN4O2. The summed E-state index contributed by atoms with van der Waals surface area (Å²) in [5.74, 6) is 0.537. The number of nitrogens with zero attached hydrogens (tertiary/aromatic N) is 4. The third-order valence-electron chi connectivity index (χ3n) is 4.70. The number of imidazole rings is 1. The van der Waals surface area contributed by atoms with E-state index in [4.69, 9.17) is 20.9 Å². The lowest BCUT2D eigenvalue weighted by atomic mass is 10.1. The number of aromatic nitrogens is 4. The molecule has 140 valence electrons. The molecule has 2 aromatic carbocycles. The number of ether oxygens (including phenoxy) is 1. The van der Waals surface area contributed by atoms with Crippen molar-refractivity contribution >= 4 is 11.6 Å². The highest BCUT2D eigenvalue weighted by Crippen LogP contribution is 2.32. The average Bonchev–Trinajstić information content (AvgIpc) is 3.35. The molecule has 0 fully saturated rings. The van der Waals surface area contributed by atoms with Crippen molar-refractivity contribution in [2.45, 2.75) is 19.3 Å². The van der Waals surface area contributed by atoms with Crippen LogP contribution in [-0.4, -0.2) is 19.7 Å². The molecule has 0 amide bonds. The Balaban J connectivity index is 1.41. The summed E-state index contributed by atoms with van der Waals surface area (Å²) in [6.45, 7) is 0.919. The minimum atomic E-state index is -0.266. The number of hydrogen-bond donors (Lipinski definition) is 0. The van der Waals surface area contributed by atoms with Crippen molar-refractivity contribution in [1.82, 2.24) is 19.7 Å². The van der Waals surface area contributed by atoms with Crippen molar-refractivity contribution in [3.05, 3.63) is 77.0 Å². The molecule has 1 aliphatic rings. The quantitative estimate of drug-likeness (QED) is 0.503. The van der Waals surface area contributed by atoms with E-state index in [1.54, 1.807) is 30.6 Å². The summed E-state index contributed by atoms with van der Waals surface area (Å²) in [4.78, 5) is 8.89. The van der Waals surface area contributed by atoms with Gasteiger partial charge in [0.25, 0.3) is 5.89 Å². The molecule has 1 aliphatic heterocycles. The van der Waals surface area contributed by atoms with Crippen LogP contribution < -0.4 is 0 Å². The third-order valence-corrected chi connectivity index (χ3v) is 4.95. The van der Waals surface area contributed by atoms with E-state index < -0.39 is 0 Å². The van der Waals surface area contributed by atoms with Crippen molar-refractivity contribution < 1.29 is 13.7 Å². The number of halogens is 2. The molecule has 6 nitrogen and oxygen atoms in total.